The number of hydrogen-bond acceptors (Lipinski definition) is 2. The van der Waals surface area contributed by atoms with Crippen molar-refractivity contribution in [2.75, 3.05) is 4.90 Å². The highest BCUT2D eigenvalue weighted by Crippen LogP contribution is 2.44. The zero-order chi connectivity index (χ0) is 41.7. The molecule has 0 N–H and O–H groups in total. The molecule has 2 aromatic heterocycles. The summed E-state index contributed by atoms with van der Waals surface area (Å²) in [4.78, 5) is 2.39. The molecule has 0 fully saturated rings. The molecule has 0 unspecified atom stereocenters. The van der Waals surface area contributed by atoms with Crippen molar-refractivity contribution in [3.63, 3.8) is 0 Å². The Morgan fingerprint density at radius 3 is 1.63 bits per heavy atom. The van der Waals surface area contributed by atoms with E-state index in [4.69, 9.17) is 4.42 Å². The predicted molar refractivity (Wildman–Crippen MR) is 264 cm³/mol. The van der Waals surface area contributed by atoms with Gasteiger partial charge in [-0.2, -0.15) is 0 Å². The van der Waals surface area contributed by atoms with Crippen LogP contribution in [0.2, 0.25) is 0 Å². The Labute approximate surface area is 366 Å². The molecule has 2 heterocycles. The molecule has 0 bridgehead atoms. The largest absolute Gasteiger partial charge is 0.455 e. The first-order chi connectivity index (χ1) is 31.2. The van der Waals surface area contributed by atoms with Gasteiger partial charge in [-0.05, 0) is 100 Å². The molecule has 0 spiro atoms. The van der Waals surface area contributed by atoms with Gasteiger partial charge in [0.05, 0.1) is 16.7 Å². The third-order valence-corrected chi connectivity index (χ3v) is 12.4. The number of anilines is 3. The molecule has 3 heteroatoms. The van der Waals surface area contributed by atoms with Crippen LogP contribution < -0.4 is 4.90 Å². The van der Waals surface area contributed by atoms with E-state index in [9.17, 15) is 0 Å². The summed E-state index contributed by atoms with van der Waals surface area (Å²) in [6, 6.07) is 87.0. The summed E-state index contributed by atoms with van der Waals surface area (Å²) in [6.45, 7) is 0. The van der Waals surface area contributed by atoms with Crippen LogP contribution in [0.25, 0.3) is 93.9 Å². The molecule has 0 aliphatic heterocycles. The molecule has 63 heavy (non-hydrogen) atoms. The first-order valence-corrected chi connectivity index (χ1v) is 21.5. The number of benzene rings is 10. The van der Waals surface area contributed by atoms with Gasteiger partial charge in [-0.15, -0.1) is 0 Å². The molecular weight excluding hydrogens is 765 g/mol. The molecule has 0 aliphatic carbocycles. The molecule has 12 rings (SSSR count). The van der Waals surface area contributed by atoms with Crippen molar-refractivity contribution >= 4 is 60.8 Å². The summed E-state index contributed by atoms with van der Waals surface area (Å²) < 4.78 is 9.13. The van der Waals surface area contributed by atoms with Gasteiger partial charge < -0.3 is 13.9 Å². The van der Waals surface area contributed by atoms with Crippen LogP contribution in [-0.2, 0) is 0 Å². The van der Waals surface area contributed by atoms with Gasteiger partial charge in [0.15, 0.2) is 0 Å². The van der Waals surface area contributed by atoms with Gasteiger partial charge in [0, 0.05) is 49.7 Å². The van der Waals surface area contributed by atoms with E-state index in [0.717, 1.165) is 83.6 Å². The second-order valence-electron chi connectivity index (χ2n) is 16.1. The number of aromatic nitrogens is 1. The normalized spacial score (nSPS) is 11.5. The zero-order valence-corrected chi connectivity index (χ0v) is 34.4. The van der Waals surface area contributed by atoms with Crippen LogP contribution in [-0.4, -0.2) is 4.57 Å². The maximum atomic E-state index is 6.75. The third kappa shape index (κ3) is 6.38. The lowest BCUT2D eigenvalue weighted by molar-refractivity contribution is 0.670. The summed E-state index contributed by atoms with van der Waals surface area (Å²) in [5, 5.41) is 4.74. The Balaban J connectivity index is 0.974. The minimum atomic E-state index is 0.866. The maximum Gasteiger partial charge on any atom is 0.143 e. The van der Waals surface area contributed by atoms with E-state index in [2.05, 4.69) is 246 Å². The molecule has 0 saturated carbocycles. The fourth-order valence-corrected chi connectivity index (χ4v) is 9.43. The van der Waals surface area contributed by atoms with E-state index in [-0.39, 0.29) is 0 Å². The molecule has 0 saturated heterocycles. The highest BCUT2D eigenvalue weighted by Gasteiger charge is 2.20. The quantitative estimate of drug-likeness (QED) is 0.153. The predicted octanol–water partition coefficient (Wildman–Crippen LogP) is 16.8. The monoisotopic (exact) mass is 804 g/mol. The van der Waals surface area contributed by atoms with Gasteiger partial charge in [-0.3, -0.25) is 0 Å². The second-order valence-corrected chi connectivity index (χ2v) is 16.1. The molecule has 0 radical (unpaired) electrons. The highest BCUT2D eigenvalue weighted by atomic mass is 16.3. The lowest BCUT2D eigenvalue weighted by Crippen LogP contribution is -2.11. The van der Waals surface area contributed by atoms with Crippen LogP contribution in [0, 0.1) is 0 Å². The molecule has 0 atom stereocenters. The van der Waals surface area contributed by atoms with E-state index >= 15 is 0 Å². The summed E-state index contributed by atoms with van der Waals surface area (Å²) in [7, 11) is 0. The van der Waals surface area contributed by atoms with Gasteiger partial charge in [-0.1, -0.05) is 176 Å². The van der Waals surface area contributed by atoms with Gasteiger partial charge in [0.25, 0.3) is 0 Å². The Hall–Kier alpha value is -8.40. The van der Waals surface area contributed by atoms with E-state index in [1.807, 2.05) is 6.07 Å². The number of para-hydroxylation sites is 4. The lowest BCUT2D eigenvalue weighted by atomic mass is 9.98. The first-order valence-electron chi connectivity index (χ1n) is 21.5. The van der Waals surface area contributed by atoms with Crippen molar-refractivity contribution in [2.24, 2.45) is 0 Å². The fourth-order valence-electron chi connectivity index (χ4n) is 9.43. The second kappa shape index (κ2) is 15.3. The number of rotatable bonds is 8. The SMILES string of the molecule is c1ccc(-c2cccc(N(c3ccc(-c4cccc(-n5c6ccccc6c6ccccc65)c4)cc3)c3ccccc3-c3ccc4c(c3)oc3c(-c5ccccc5)cccc34)c2)cc1. The van der Waals surface area contributed by atoms with Crippen LogP contribution in [0.1, 0.15) is 0 Å². The highest BCUT2D eigenvalue weighted by molar-refractivity contribution is 6.11. The summed E-state index contributed by atoms with van der Waals surface area (Å²) in [5.41, 5.74) is 17.6. The van der Waals surface area contributed by atoms with Crippen molar-refractivity contribution in [2.45, 2.75) is 0 Å². The van der Waals surface area contributed by atoms with Crippen LogP contribution in [0.15, 0.2) is 247 Å². The minimum Gasteiger partial charge on any atom is -0.455 e. The molecular formula is C60H40N2O. The smallest absolute Gasteiger partial charge is 0.143 e. The molecule has 12 aromatic rings. The van der Waals surface area contributed by atoms with Gasteiger partial charge in [-0.25, -0.2) is 0 Å². The third-order valence-electron chi connectivity index (χ3n) is 12.4. The van der Waals surface area contributed by atoms with Gasteiger partial charge in [0.1, 0.15) is 11.2 Å². The average molecular weight is 805 g/mol. The number of hydrogen-bond donors (Lipinski definition) is 0. The van der Waals surface area contributed by atoms with Gasteiger partial charge >= 0.3 is 0 Å². The molecule has 10 aromatic carbocycles. The van der Waals surface area contributed by atoms with Crippen LogP contribution in [0.5, 0.6) is 0 Å². The minimum absolute atomic E-state index is 0.866. The number of nitrogens with zero attached hydrogens (tertiary/aromatic N) is 2. The van der Waals surface area contributed by atoms with Gasteiger partial charge in [0.2, 0.25) is 0 Å². The summed E-state index contributed by atoms with van der Waals surface area (Å²) in [6.07, 6.45) is 0. The van der Waals surface area contributed by atoms with E-state index in [0.29, 0.717) is 0 Å². The maximum absolute atomic E-state index is 6.75. The molecule has 3 nitrogen and oxygen atoms in total. The molecule has 0 aliphatic rings. The Morgan fingerprint density at radius 1 is 0.317 bits per heavy atom. The van der Waals surface area contributed by atoms with Crippen molar-refractivity contribution in [1.29, 1.82) is 0 Å². The van der Waals surface area contributed by atoms with Crippen molar-refractivity contribution in [3.8, 4) is 50.2 Å². The number of furan rings is 1. The molecule has 296 valence electrons. The Bertz CT molecular complexity index is 3570. The first kappa shape index (κ1) is 36.5. The Morgan fingerprint density at radius 2 is 0.873 bits per heavy atom. The fraction of sp³-hybridized carbons (Fsp3) is 0. The van der Waals surface area contributed by atoms with Crippen molar-refractivity contribution in [1.82, 2.24) is 4.57 Å². The lowest BCUT2D eigenvalue weighted by Gasteiger charge is -2.28. The van der Waals surface area contributed by atoms with Crippen LogP contribution in [0.3, 0.4) is 0 Å². The van der Waals surface area contributed by atoms with E-state index < -0.39 is 0 Å². The van der Waals surface area contributed by atoms with Crippen LogP contribution >= 0.6 is 0 Å². The number of fused-ring (bicyclic) bond motifs is 6. The standard InChI is InChI=1S/C60H40N2O/c1-3-16-41(17-4-1)44-20-13-22-48(38-44)61(47-35-32-42(33-36-47)45-21-14-23-49(39-45)62-57-30-11-8-25-52(57)53-26-9-12-31-58(53)62)56-29-10-7-24-50(56)46-34-37-54-55-28-15-27-51(43-18-5-2-6-19-43)60(55)63-59(54)40-46/h1-40H. The summed E-state index contributed by atoms with van der Waals surface area (Å²) in [5.74, 6) is 0. The average Bonchev–Trinajstić information content (AvgIpc) is 3.91. The van der Waals surface area contributed by atoms with E-state index in [1.165, 1.54) is 27.4 Å². The van der Waals surface area contributed by atoms with Crippen molar-refractivity contribution in [3.05, 3.63) is 243 Å². The topological polar surface area (TPSA) is 21.3 Å². The zero-order valence-electron chi connectivity index (χ0n) is 34.4. The summed E-state index contributed by atoms with van der Waals surface area (Å²) >= 11 is 0. The van der Waals surface area contributed by atoms with Crippen molar-refractivity contribution < 1.29 is 4.42 Å². The van der Waals surface area contributed by atoms with E-state index in [1.54, 1.807) is 0 Å². The Kier molecular flexibility index (Phi) is 8.83. The van der Waals surface area contributed by atoms with Crippen LogP contribution in [0.4, 0.5) is 17.1 Å². The molecule has 0 amide bonds.